The fourth-order valence-corrected chi connectivity index (χ4v) is 4.68. The van der Waals surface area contributed by atoms with Gasteiger partial charge in [-0.1, -0.05) is 36.8 Å². The monoisotopic (exact) mass is 461 g/mol. The maximum atomic E-state index is 13.7. The first-order valence-electron chi connectivity index (χ1n) is 10.9. The number of hydrogen-bond acceptors (Lipinski definition) is 7. The third kappa shape index (κ3) is 3.60. The van der Waals surface area contributed by atoms with E-state index in [1.807, 2.05) is 50.2 Å². The van der Waals surface area contributed by atoms with Crippen LogP contribution in [0.15, 0.2) is 51.1 Å². The highest BCUT2D eigenvalue weighted by Gasteiger charge is 2.45. The van der Waals surface area contributed by atoms with E-state index >= 15 is 0 Å². The first kappa shape index (κ1) is 21.3. The lowest BCUT2D eigenvalue weighted by Gasteiger charge is -2.22. The Bertz CT molecular complexity index is 1390. The molecule has 0 saturated carbocycles. The van der Waals surface area contributed by atoms with E-state index in [4.69, 9.17) is 9.15 Å². The predicted molar refractivity (Wildman–Crippen MR) is 127 cm³/mol. The number of anilines is 1. The minimum Gasteiger partial charge on any atom is -0.494 e. The number of fused-ring (bicyclic) bond motifs is 2. The summed E-state index contributed by atoms with van der Waals surface area (Å²) in [6.07, 6.45) is 2.03. The third-order valence-electron chi connectivity index (χ3n) is 6.00. The fraction of sp³-hybridized carbons (Fsp3) is 0.280. The Morgan fingerprint density at radius 2 is 1.88 bits per heavy atom. The van der Waals surface area contributed by atoms with Crippen molar-refractivity contribution in [3.8, 4) is 5.75 Å². The molecule has 0 saturated heterocycles. The van der Waals surface area contributed by atoms with Gasteiger partial charge in [-0.25, -0.2) is 0 Å². The summed E-state index contributed by atoms with van der Waals surface area (Å²) in [5.41, 5.74) is 4.85. The average molecular weight is 462 g/mol. The number of unbranched alkanes of at least 4 members (excludes halogenated alkanes) is 1. The van der Waals surface area contributed by atoms with Crippen LogP contribution in [0.3, 0.4) is 0 Å². The van der Waals surface area contributed by atoms with Gasteiger partial charge in [0, 0.05) is 0 Å². The van der Waals surface area contributed by atoms with Crippen LogP contribution in [-0.2, 0) is 0 Å². The maximum Gasteiger partial charge on any atom is 0.297 e. The van der Waals surface area contributed by atoms with Gasteiger partial charge in [0.05, 0.1) is 23.6 Å². The number of carbonyl (C=O) groups is 1. The van der Waals surface area contributed by atoms with Crippen LogP contribution in [0.1, 0.15) is 58.6 Å². The highest BCUT2D eigenvalue weighted by atomic mass is 32.1. The average Bonchev–Trinajstić information content (AvgIpc) is 3.43. The summed E-state index contributed by atoms with van der Waals surface area (Å²) in [6.45, 7) is 6.66. The van der Waals surface area contributed by atoms with Crippen molar-refractivity contribution >= 4 is 33.3 Å². The predicted octanol–water partition coefficient (Wildman–Crippen LogP) is 5.19. The molecule has 0 fully saturated rings. The van der Waals surface area contributed by atoms with Crippen LogP contribution in [0.25, 0.3) is 11.0 Å². The molecule has 1 amide bonds. The smallest absolute Gasteiger partial charge is 0.297 e. The molecule has 1 aliphatic heterocycles. The van der Waals surface area contributed by atoms with Crippen molar-refractivity contribution in [2.45, 2.75) is 39.7 Å². The third-order valence-corrected chi connectivity index (χ3v) is 6.69. The summed E-state index contributed by atoms with van der Waals surface area (Å²) in [4.78, 5) is 28.6. The van der Waals surface area contributed by atoms with E-state index in [0.717, 1.165) is 35.3 Å². The zero-order valence-electron chi connectivity index (χ0n) is 18.6. The number of nitrogens with zero attached hydrogens (tertiary/aromatic N) is 3. The van der Waals surface area contributed by atoms with Crippen molar-refractivity contribution in [3.05, 3.63) is 80.1 Å². The van der Waals surface area contributed by atoms with Gasteiger partial charge in [0.2, 0.25) is 10.9 Å². The van der Waals surface area contributed by atoms with Crippen LogP contribution in [0.5, 0.6) is 5.75 Å². The molecular weight excluding hydrogens is 438 g/mol. The molecule has 0 radical (unpaired) electrons. The van der Waals surface area contributed by atoms with E-state index in [0.29, 0.717) is 28.3 Å². The zero-order chi connectivity index (χ0) is 23.1. The lowest BCUT2D eigenvalue weighted by molar-refractivity contribution is 0.0970. The zero-order valence-corrected chi connectivity index (χ0v) is 19.4. The summed E-state index contributed by atoms with van der Waals surface area (Å²) in [7, 11) is 0. The highest BCUT2D eigenvalue weighted by Crippen LogP contribution is 2.42. The number of aromatic nitrogens is 2. The molecule has 0 N–H and O–H groups in total. The summed E-state index contributed by atoms with van der Waals surface area (Å²) < 4.78 is 11.8. The molecule has 3 heterocycles. The molecule has 8 heteroatoms. The van der Waals surface area contributed by atoms with Gasteiger partial charge >= 0.3 is 0 Å². The van der Waals surface area contributed by atoms with Crippen LogP contribution in [-0.4, -0.2) is 22.7 Å². The Balaban J connectivity index is 1.67. The SMILES string of the molecule is CCCCOc1ccc(C2c3c(oc4cc(C)c(C)cc4c3=O)C(=O)N2c2nncs2)cc1. The second kappa shape index (κ2) is 8.44. The Morgan fingerprint density at radius 1 is 1.12 bits per heavy atom. The van der Waals surface area contributed by atoms with Crippen LogP contribution in [0, 0.1) is 13.8 Å². The van der Waals surface area contributed by atoms with Crippen molar-refractivity contribution in [2.24, 2.45) is 0 Å². The molecule has 0 aliphatic carbocycles. The molecule has 4 aromatic rings. The molecule has 2 aromatic heterocycles. The van der Waals surface area contributed by atoms with E-state index in [2.05, 4.69) is 17.1 Å². The van der Waals surface area contributed by atoms with Gasteiger partial charge in [-0.2, -0.15) is 0 Å². The van der Waals surface area contributed by atoms with Crippen molar-refractivity contribution in [1.82, 2.24) is 10.2 Å². The van der Waals surface area contributed by atoms with Gasteiger partial charge in [0.15, 0.2) is 5.43 Å². The normalized spacial score (nSPS) is 15.3. The quantitative estimate of drug-likeness (QED) is 0.367. The van der Waals surface area contributed by atoms with Crippen LogP contribution >= 0.6 is 11.3 Å². The van der Waals surface area contributed by atoms with Crippen molar-refractivity contribution in [1.29, 1.82) is 0 Å². The molecule has 1 unspecified atom stereocenters. The van der Waals surface area contributed by atoms with E-state index < -0.39 is 11.9 Å². The number of hydrogen-bond donors (Lipinski definition) is 0. The van der Waals surface area contributed by atoms with Crippen LogP contribution < -0.4 is 15.1 Å². The fourth-order valence-electron chi connectivity index (χ4n) is 4.09. The van der Waals surface area contributed by atoms with Crippen LogP contribution in [0.4, 0.5) is 5.13 Å². The molecule has 1 aliphatic rings. The van der Waals surface area contributed by atoms with Crippen LogP contribution in [0.2, 0.25) is 0 Å². The standard InChI is InChI=1S/C25H23N3O4S/c1-4-5-10-31-17-8-6-16(7-9-17)21-20-22(29)18-11-14(2)15(3)12-19(18)32-23(20)24(30)28(21)25-27-26-13-33-25/h6-9,11-13,21H,4-5,10H2,1-3H3. The second-order valence-corrected chi connectivity index (χ2v) is 8.99. The summed E-state index contributed by atoms with van der Waals surface area (Å²) in [6, 6.07) is 10.5. The number of aryl methyl sites for hydroxylation is 2. The van der Waals surface area contributed by atoms with E-state index in [9.17, 15) is 9.59 Å². The minimum atomic E-state index is -0.660. The van der Waals surface area contributed by atoms with Crippen molar-refractivity contribution in [2.75, 3.05) is 11.5 Å². The Kier molecular flexibility index (Phi) is 5.46. The Labute approximate surface area is 194 Å². The molecule has 0 spiro atoms. The van der Waals surface area contributed by atoms with Gasteiger partial charge in [-0.05, 0) is 61.2 Å². The number of carbonyl (C=O) groups excluding carboxylic acids is 1. The molecule has 0 bridgehead atoms. The Morgan fingerprint density at radius 3 is 2.58 bits per heavy atom. The molecule has 2 aromatic carbocycles. The molecule has 1 atom stereocenters. The summed E-state index contributed by atoms with van der Waals surface area (Å²) >= 11 is 1.24. The molecule has 5 rings (SSSR count). The largest absolute Gasteiger partial charge is 0.494 e. The molecule has 168 valence electrons. The highest BCUT2D eigenvalue weighted by molar-refractivity contribution is 7.13. The van der Waals surface area contributed by atoms with Gasteiger partial charge in [-0.3, -0.25) is 14.5 Å². The lowest BCUT2D eigenvalue weighted by Crippen LogP contribution is -2.29. The first-order chi connectivity index (χ1) is 16.0. The topological polar surface area (TPSA) is 85.5 Å². The Hall–Kier alpha value is -3.52. The van der Waals surface area contributed by atoms with E-state index in [1.54, 1.807) is 5.51 Å². The minimum absolute atomic E-state index is 0.0548. The summed E-state index contributed by atoms with van der Waals surface area (Å²) in [5, 5.41) is 8.88. The number of ether oxygens (including phenoxy) is 1. The molecule has 33 heavy (non-hydrogen) atoms. The second-order valence-electron chi connectivity index (χ2n) is 8.18. The first-order valence-corrected chi connectivity index (χ1v) is 11.8. The van der Waals surface area contributed by atoms with Gasteiger partial charge in [0.1, 0.15) is 16.8 Å². The van der Waals surface area contributed by atoms with E-state index in [1.165, 1.54) is 16.2 Å². The van der Waals surface area contributed by atoms with Gasteiger partial charge in [0.25, 0.3) is 5.91 Å². The van der Waals surface area contributed by atoms with Gasteiger partial charge in [-0.15, -0.1) is 10.2 Å². The lowest BCUT2D eigenvalue weighted by atomic mass is 9.97. The van der Waals surface area contributed by atoms with Gasteiger partial charge < -0.3 is 9.15 Å². The number of rotatable bonds is 6. The van der Waals surface area contributed by atoms with Crippen molar-refractivity contribution < 1.29 is 13.9 Å². The van der Waals surface area contributed by atoms with E-state index in [-0.39, 0.29) is 11.2 Å². The van der Waals surface area contributed by atoms with Crippen molar-refractivity contribution in [3.63, 3.8) is 0 Å². The summed E-state index contributed by atoms with van der Waals surface area (Å²) in [5.74, 6) is 0.405. The molecular formula is C25H23N3O4S. The maximum absolute atomic E-state index is 13.7. The number of amides is 1. The molecule has 7 nitrogen and oxygen atoms in total. The number of benzene rings is 2.